The van der Waals surface area contributed by atoms with Gasteiger partial charge in [0.25, 0.3) is 5.91 Å². The van der Waals surface area contributed by atoms with Crippen LogP contribution >= 0.6 is 27.3 Å². The topological polar surface area (TPSA) is 77.7 Å². The number of carbonyl (C=O) groups excluding carboxylic acids is 1. The highest BCUT2D eigenvalue weighted by Gasteiger charge is 2.19. The molecule has 9 heteroatoms. The van der Waals surface area contributed by atoms with Gasteiger partial charge in [-0.05, 0) is 42.5 Å². The van der Waals surface area contributed by atoms with Gasteiger partial charge in [-0.1, -0.05) is 33.2 Å². The van der Waals surface area contributed by atoms with E-state index in [1.807, 2.05) is 18.2 Å². The number of fused-ring (bicyclic) bond motifs is 1. The van der Waals surface area contributed by atoms with Gasteiger partial charge in [0.15, 0.2) is 14.6 Å². The number of sulfone groups is 1. The molecule has 0 saturated carbocycles. The van der Waals surface area contributed by atoms with E-state index < -0.39 is 21.5 Å². The second-order valence-electron chi connectivity index (χ2n) is 5.73. The number of methoxy groups -OCH3 is 1. The fourth-order valence-corrected chi connectivity index (χ4v) is 5.25. The number of hydrogen-bond donors (Lipinski definition) is 0. The molecular weight excluding hydrogens is 464 g/mol. The molecule has 0 spiro atoms. The molecule has 2 aromatic carbocycles. The van der Waals surface area contributed by atoms with Gasteiger partial charge in [0.1, 0.15) is 11.5 Å². The summed E-state index contributed by atoms with van der Waals surface area (Å²) >= 11 is 4.67. The van der Waals surface area contributed by atoms with Crippen LogP contribution in [0.25, 0.3) is 10.2 Å². The molecule has 0 aliphatic carbocycles. The van der Waals surface area contributed by atoms with Crippen molar-refractivity contribution in [3.63, 3.8) is 0 Å². The summed E-state index contributed by atoms with van der Waals surface area (Å²) in [5.74, 6) is 1.58. The standard InChI is InChI=1S/C19H15BrN2O4S2/c1-3-10-22-16-9-4-13(20)11-17(16)27-19(22)21-18(23)12-28(24,25)15-7-5-14(26-2)6-8-15/h1,4-9,11H,10,12H2,2H3. The normalized spacial score (nSPS) is 12.1. The molecule has 0 radical (unpaired) electrons. The fraction of sp³-hybridized carbons (Fsp3) is 0.158. The minimum Gasteiger partial charge on any atom is -0.497 e. The summed E-state index contributed by atoms with van der Waals surface area (Å²) in [4.78, 5) is 16.8. The summed E-state index contributed by atoms with van der Waals surface area (Å²) in [7, 11) is -2.33. The third-order valence-corrected chi connectivity index (χ3v) is 7.00. The number of terminal acetylenes is 1. The zero-order valence-electron chi connectivity index (χ0n) is 14.8. The molecule has 0 unspecified atom stereocenters. The summed E-state index contributed by atoms with van der Waals surface area (Å²) in [5.41, 5.74) is 0.829. The van der Waals surface area contributed by atoms with Crippen LogP contribution < -0.4 is 9.54 Å². The average Bonchev–Trinajstić information content (AvgIpc) is 2.97. The van der Waals surface area contributed by atoms with Gasteiger partial charge in [0.2, 0.25) is 0 Å². The van der Waals surface area contributed by atoms with Gasteiger partial charge in [0, 0.05) is 4.47 Å². The molecule has 0 aliphatic heterocycles. The zero-order chi connectivity index (χ0) is 20.3. The maximum Gasteiger partial charge on any atom is 0.263 e. The molecular formula is C19H15BrN2O4S2. The summed E-state index contributed by atoms with van der Waals surface area (Å²) in [6.45, 7) is 0.221. The smallest absolute Gasteiger partial charge is 0.263 e. The minimum absolute atomic E-state index is 0.0358. The second-order valence-corrected chi connectivity index (χ2v) is 9.64. The van der Waals surface area contributed by atoms with E-state index in [2.05, 4.69) is 26.8 Å². The SMILES string of the molecule is C#CCn1c(=NC(=O)CS(=O)(=O)c2ccc(OC)cc2)sc2cc(Br)ccc21. The van der Waals surface area contributed by atoms with Gasteiger partial charge in [-0.25, -0.2) is 8.42 Å². The van der Waals surface area contributed by atoms with Gasteiger partial charge in [0.05, 0.1) is 28.8 Å². The highest BCUT2D eigenvalue weighted by Crippen LogP contribution is 2.22. The Balaban J connectivity index is 1.95. The number of hydrogen-bond acceptors (Lipinski definition) is 5. The lowest BCUT2D eigenvalue weighted by molar-refractivity contribution is -0.115. The largest absolute Gasteiger partial charge is 0.497 e. The third kappa shape index (κ3) is 4.35. The highest BCUT2D eigenvalue weighted by atomic mass is 79.9. The second kappa shape index (κ2) is 8.31. The maximum absolute atomic E-state index is 12.5. The van der Waals surface area contributed by atoms with Crippen molar-refractivity contribution < 1.29 is 17.9 Å². The number of benzene rings is 2. The molecule has 0 aliphatic rings. The van der Waals surface area contributed by atoms with Gasteiger partial charge >= 0.3 is 0 Å². The van der Waals surface area contributed by atoms with E-state index >= 15 is 0 Å². The van der Waals surface area contributed by atoms with Crippen molar-refractivity contribution in [2.75, 3.05) is 12.9 Å². The summed E-state index contributed by atoms with van der Waals surface area (Å²) < 4.78 is 33.5. The van der Waals surface area contributed by atoms with E-state index in [1.165, 1.54) is 42.7 Å². The van der Waals surface area contributed by atoms with Gasteiger partial charge in [-0.15, -0.1) is 6.42 Å². The number of ether oxygens (including phenoxy) is 1. The number of thiazole rings is 1. The van der Waals surface area contributed by atoms with Crippen LogP contribution in [0, 0.1) is 12.3 Å². The van der Waals surface area contributed by atoms with Crippen molar-refractivity contribution in [2.24, 2.45) is 4.99 Å². The summed E-state index contributed by atoms with van der Waals surface area (Å²) in [5, 5.41) is 0. The van der Waals surface area contributed by atoms with Crippen molar-refractivity contribution in [1.29, 1.82) is 0 Å². The van der Waals surface area contributed by atoms with E-state index in [-0.39, 0.29) is 11.4 Å². The molecule has 3 rings (SSSR count). The monoisotopic (exact) mass is 478 g/mol. The maximum atomic E-state index is 12.5. The van der Waals surface area contributed by atoms with Crippen LogP contribution in [-0.2, 0) is 21.2 Å². The zero-order valence-corrected chi connectivity index (χ0v) is 18.0. The third-order valence-electron chi connectivity index (χ3n) is 3.85. The minimum atomic E-state index is -3.82. The van der Waals surface area contributed by atoms with Crippen LogP contribution in [-0.4, -0.2) is 31.8 Å². The number of nitrogens with zero attached hydrogens (tertiary/aromatic N) is 2. The van der Waals surface area contributed by atoms with E-state index in [9.17, 15) is 13.2 Å². The van der Waals surface area contributed by atoms with Crippen molar-refractivity contribution >= 4 is 53.2 Å². The molecule has 0 N–H and O–H groups in total. The number of amides is 1. The van der Waals surface area contributed by atoms with E-state index in [1.54, 1.807) is 4.57 Å². The van der Waals surface area contributed by atoms with Crippen molar-refractivity contribution in [3.8, 4) is 18.1 Å². The first-order chi connectivity index (χ1) is 13.3. The van der Waals surface area contributed by atoms with Gasteiger partial charge in [-0.2, -0.15) is 4.99 Å². The van der Waals surface area contributed by atoms with Crippen molar-refractivity contribution in [3.05, 3.63) is 51.7 Å². The Kier molecular flexibility index (Phi) is 6.03. The Bertz CT molecular complexity index is 1250. The van der Waals surface area contributed by atoms with E-state index in [0.717, 1.165) is 14.7 Å². The Hall–Kier alpha value is -2.41. The Morgan fingerprint density at radius 2 is 2.00 bits per heavy atom. The average molecular weight is 479 g/mol. The molecule has 1 heterocycles. The number of aromatic nitrogens is 1. The molecule has 3 aromatic rings. The molecule has 1 amide bonds. The van der Waals surface area contributed by atoms with Crippen LogP contribution in [0.5, 0.6) is 5.75 Å². The van der Waals surface area contributed by atoms with Crippen molar-refractivity contribution in [1.82, 2.24) is 4.57 Å². The molecule has 0 fully saturated rings. The number of halogens is 1. The molecule has 28 heavy (non-hydrogen) atoms. The molecule has 6 nitrogen and oxygen atoms in total. The molecule has 0 bridgehead atoms. The quantitative estimate of drug-likeness (QED) is 0.528. The van der Waals surface area contributed by atoms with Crippen LogP contribution in [0.15, 0.2) is 56.8 Å². The van der Waals surface area contributed by atoms with Crippen molar-refractivity contribution in [2.45, 2.75) is 11.4 Å². The van der Waals surface area contributed by atoms with Crippen LogP contribution in [0.1, 0.15) is 0 Å². The first kappa shape index (κ1) is 20.3. The van der Waals surface area contributed by atoms with E-state index in [0.29, 0.717) is 10.6 Å². The Morgan fingerprint density at radius 3 is 2.64 bits per heavy atom. The highest BCUT2D eigenvalue weighted by molar-refractivity contribution is 9.10. The molecule has 144 valence electrons. The summed E-state index contributed by atoms with van der Waals surface area (Å²) in [6.07, 6.45) is 5.43. The number of carbonyl (C=O) groups is 1. The van der Waals surface area contributed by atoms with Crippen LogP contribution in [0.3, 0.4) is 0 Å². The Labute approximate surface area is 174 Å². The lowest BCUT2D eigenvalue weighted by Crippen LogP contribution is -2.20. The lowest BCUT2D eigenvalue weighted by atomic mass is 10.3. The van der Waals surface area contributed by atoms with Gasteiger partial charge < -0.3 is 9.30 Å². The summed E-state index contributed by atoms with van der Waals surface area (Å²) in [6, 6.07) is 11.5. The predicted octanol–water partition coefficient (Wildman–Crippen LogP) is 3.01. The van der Waals surface area contributed by atoms with Crippen LogP contribution in [0.2, 0.25) is 0 Å². The first-order valence-corrected chi connectivity index (χ1v) is 11.3. The first-order valence-electron chi connectivity index (χ1n) is 8.01. The molecule has 0 saturated heterocycles. The fourth-order valence-electron chi connectivity index (χ4n) is 2.54. The van der Waals surface area contributed by atoms with Crippen LogP contribution in [0.4, 0.5) is 0 Å². The predicted molar refractivity (Wildman–Crippen MR) is 112 cm³/mol. The number of rotatable bonds is 5. The Morgan fingerprint density at radius 1 is 1.29 bits per heavy atom. The molecule has 1 aromatic heterocycles. The van der Waals surface area contributed by atoms with Gasteiger partial charge in [-0.3, -0.25) is 4.79 Å². The molecule has 0 atom stereocenters. The lowest BCUT2D eigenvalue weighted by Gasteiger charge is -2.04. The van der Waals surface area contributed by atoms with E-state index in [4.69, 9.17) is 11.2 Å².